The smallest absolute Gasteiger partial charge is 0.137 e. The van der Waals surface area contributed by atoms with Crippen LogP contribution in [0.4, 0.5) is 0 Å². The predicted molar refractivity (Wildman–Crippen MR) is 87.6 cm³/mol. The van der Waals surface area contributed by atoms with Crippen LogP contribution in [0.1, 0.15) is 64.5 Å². The number of hydrogen-bond acceptors (Lipinski definition) is 3. The van der Waals surface area contributed by atoms with Crippen LogP contribution in [-0.4, -0.2) is 18.1 Å². The van der Waals surface area contributed by atoms with E-state index >= 15 is 0 Å². The van der Waals surface area contributed by atoms with Gasteiger partial charge in [-0.1, -0.05) is 26.7 Å². The second kappa shape index (κ2) is 8.38. The van der Waals surface area contributed by atoms with Crippen molar-refractivity contribution in [3.05, 3.63) is 24.0 Å². The first-order valence-electron chi connectivity index (χ1n) is 8.59. The lowest BCUT2D eigenvalue weighted by Gasteiger charge is -2.25. The summed E-state index contributed by atoms with van der Waals surface area (Å²) in [5.41, 5.74) is 1.29. The number of nitrogens with one attached hydrogen (secondary N) is 1. The average Bonchev–Trinajstić information content (AvgIpc) is 2.97. The third-order valence-corrected chi connectivity index (χ3v) is 4.65. The molecule has 3 heteroatoms. The summed E-state index contributed by atoms with van der Waals surface area (Å²) in [6.45, 7) is 8.32. The maximum absolute atomic E-state index is 5.62. The molecule has 1 aliphatic carbocycles. The topological polar surface area (TPSA) is 34.2 Å². The fraction of sp³-hybridized carbons (Fsp3) is 0.722. The monoisotopic (exact) mass is 290 g/mol. The maximum Gasteiger partial charge on any atom is 0.137 e. The van der Waals surface area contributed by atoms with Crippen LogP contribution in [0.5, 0.6) is 5.75 Å². The molecule has 1 heterocycles. The molecule has 1 fully saturated rings. The molecule has 3 unspecified atom stereocenters. The summed E-state index contributed by atoms with van der Waals surface area (Å²) in [5.74, 6) is 2.53. The van der Waals surface area contributed by atoms with E-state index in [0.717, 1.165) is 24.1 Å². The zero-order valence-corrected chi connectivity index (χ0v) is 13.8. The summed E-state index contributed by atoms with van der Waals surface area (Å²) < 4.78 is 5.62. The molecule has 0 aliphatic heterocycles. The Balaban J connectivity index is 2.13. The molecule has 1 aromatic rings. The van der Waals surface area contributed by atoms with Crippen molar-refractivity contribution in [1.82, 2.24) is 10.3 Å². The summed E-state index contributed by atoms with van der Waals surface area (Å²) in [5, 5.41) is 3.75. The Morgan fingerprint density at radius 3 is 2.81 bits per heavy atom. The van der Waals surface area contributed by atoms with Crippen molar-refractivity contribution in [3.8, 4) is 5.75 Å². The van der Waals surface area contributed by atoms with E-state index < -0.39 is 0 Å². The van der Waals surface area contributed by atoms with Gasteiger partial charge in [0.25, 0.3) is 0 Å². The molecule has 3 nitrogen and oxygen atoms in total. The number of ether oxygens (including phenoxy) is 1. The van der Waals surface area contributed by atoms with Gasteiger partial charge in [-0.3, -0.25) is 4.98 Å². The number of hydrogen-bond donors (Lipinski definition) is 1. The molecule has 0 spiro atoms. The molecule has 0 aromatic carbocycles. The van der Waals surface area contributed by atoms with Crippen LogP contribution in [0.3, 0.4) is 0 Å². The van der Waals surface area contributed by atoms with Gasteiger partial charge in [0.05, 0.1) is 12.8 Å². The first-order valence-corrected chi connectivity index (χ1v) is 8.59. The molecule has 21 heavy (non-hydrogen) atoms. The van der Waals surface area contributed by atoms with E-state index in [-0.39, 0.29) is 0 Å². The Morgan fingerprint density at radius 1 is 1.29 bits per heavy atom. The van der Waals surface area contributed by atoms with Gasteiger partial charge in [-0.05, 0) is 56.2 Å². The van der Waals surface area contributed by atoms with E-state index in [0.29, 0.717) is 12.6 Å². The van der Waals surface area contributed by atoms with E-state index in [9.17, 15) is 0 Å². The molecule has 0 radical (unpaired) electrons. The van der Waals surface area contributed by atoms with Gasteiger partial charge in [0.1, 0.15) is 5.75 Å². The predicted octanol–water partition coefficient (Wildman–Crippen LogP) is 4.35. The molecule has 1 aromatic heterocycles. The average molecular weight is 290 g/mol. The van der Waals surface area contributed by atoms with Gasteiger partial charge in [-0.2, -0.15) is 0 Å². The van der Waals surface area contributed by atoms with Gasteiger partial charge < -0.3 is 10.1 Å². The minimum absolute atomic E-state index is 0.425. The Bertz CT molecular complexity index is 421. The molecular formula is C18H30N2O. The normalized spacial score (nSPS) is 23.2. The molecule has 0 amide bonds. The zero-order chi connectivity index (χ0) is 15.1. The van der Waals surface area contributed by atoms with Crippen molar-refractivity contribution in [2.24, 2.45) is 11.8 Å². The minimum Gasteiger partial charge on any atom is -0.492 e. The highest BCUT2D eigenvalue weighted by Crippen LogP contribution is 2.40. The Morgan fingerprint density at radius 2 is 2.14 bits per heavy atom. The highest BCUT2D eigenvalue weighted by molar-refractivity contribution is 5.26. The molecule has 118 valence electrons. The van der Waals surface area contributed by atoms with Crippen LogP contribution in [0.15, 0.2) is 18.5 Å². The van der Waals surface area contributed by atoms with Crippen LogP contribution in [0, 0.1) is 11.8 Å². The fourth-order valence-electron chi connectivity index (χ4n) is 3.49. The Kier molecular flexibility index (Phi) is 6.50. The third-order valence-electron chi connectivity index (χ3n) is 4.65. The molecular weight excluding hydrogens is 260 g/mol. The lowest BCUT2D eigenvalue weighted by molar-refractivity contribution is 0.331. The molecule has 3 atom stereocenters. The van der Waals surface area contributed by atoms with Gasteiger partial charge in [-0.15, -0.1) is 0 Å². The molecule has 2 rings (SSSR count). The second-order valence-electron chi connectivity index (χ2n) is 6.17. The van der Waals surface area contributed by atoms with Gasteiger partial charge in [0.2, 0.25) is 0 Å². The van der Waals surface area contributed by atoms with Crippen LogP contribution < -0.4 is 10.1 Å². The SMILES string of the molecule is CCCNC(c1cncc(OCC)c1)C1CCC(CC)C1. The van der Waals surface area contributed by atoms with Crippen molar-refractivity contribution in [2.75, 3.05) is 13.2 Å². The van der Waals surface area contributed by atoms with Crippen LogP contribution in [-0.2, 0) is 0 Å². The highest BCUT2D eigenvalue weighted by Gasteiger charge is 2.30. The molecule has 0 saturated heterocycles. The van der Waals surface area contributed by atoms with Crippen molar-refractivity contribution in [3.63, 3.8) is 0 Å². The lowest BCUT2D eigenvalue weighted by Crippen LogP contribution is -2.28. The molecule has 0 bridgehead atoms. The van der Waals surface area contributed by atoms with Crippen molar-refractivity contribution >= 4 is 0 Å². The summed E-state index contributed by atoms with van der Waals surface area (Å²) in [7, 11) is 0. The standard InChI is InChI=1S/C18H30N2O/c1-4-9-20-18(15-8-7-14(5-2)10-15)16-11-17(21-6-3)13-19-12-16/h11-15,18,20H,4-10H2,1-3H3. The fourth-order valence-corrected chi connectivity index (χ4v) is 3.49. The van der Waals surface area contributed by atoms with Crippen LogP contribution in [0.2, 0.25) is 0 Å². The van der Waals surface area contributed by atoms with E-state index in [2.05, 4.69) is 30.2 Å². The van der Waals surface area contributed by atoms with Crippen molar-refractivity contribution in [2.45, 2.75) is 58.9 Å². The summed E-state index contributed by atoms with van der Waals surface area (Å²) in [6.07, 6.45) is 10.4. The Labute approximate surface area is 129 Å². The van der Waals surface area contributed by atoms with Crippen LogP contribution >= 0.6 is 0 Å². The van der Waals surface area contributed by atoms with Crippen LogP contribution in [0.25, 0.3) is 0 Å². The van der Waals surface area contributed by atoms with Gasteiger partial charge in [0.15, 0.2) is 0 Å². The van der Waals surface area contributed by atoms with E-state index in [1.54, 1.807) is 0 Å². The van der Waals surface area contributed by atoms with Gasteiger partial charge in [0, 0.05) is 12.2 Å². The maximum atomic E-state index is 5.62. The highest BCUT2D eigenvalue weighted by atomic mass is 16.5. The lowest BCUT2D eigenvalue weighted by atomic mass is 9.91. The number of rotatable bonds is 8. The largest absolute Gasteiger partial charge is 0.492 e. The zero-order valence-electron chi connectivity index (χ0n) is 13.8. The summed E-state index contributed by atoms with van der Waals surface area (Å²) >= 11 is 0. The van der Waals surface area contributed by atoms with Crippen molar-refractivity contribution < 1.29 is 4.74 Å². The van der Waals surface area contributed by atoms with E-state index in [1.807, 2.05) is 19.3 Å². The quantitative estimate of drug-likeness (QED) is 0.773. The minimum atomic E-state index is 0.425. The van der Waals surface area contributed by atoms with Crippen molar-refractivity contribution in [1.29, 1.82) is 0 Å². The Hall–Kier alpha value is -1.09. The number of aromatic nitrogens is 1. The first kappa shape index (κ1) is 16.3. The molecule has 1 N–H and O–H groups in total. The molecule has 1 saturated carbocycles. The van der Waals surface area contributed by atoms with Gasteiger partial charge >= 0.3 is 0 Å². The first-order chi connectivity index (χ1) is 10.3. The van der Waals surface area contributed by atoms with E-state index in [4.69, 9.17) is 4.74 Å². The molecule has 1 aliphatic rings. The summed E-state index contributed by atoms with van der Waals surface area (Å²) in [4.78, 5) is 4.38. The third kappa shape index (κ3) is 4.44. The van der Waals surface area contributed by atoms with E-state index in [1.165, 1.54) is 37.7 Å². The second-order valence-corrected chi connectivity index (χ2v) is 6.17. The number of pyridine rings is 1. The van der Waals surface area contributed by atoms with Gasteiger partial charge in [-0.25, -0.2) is 0 Å². The summed E-state index contributed by atoms with van der Waals surface area (Å²) in [6, 6.07) is 2.60. The number of nitrogens with zero attached hydrogens (tertiary/aromatic N) is 1.